The molecule has 3 heterocycles. The number of halogens is 4. The van der Waals surface area contributed by atoms with E-state index in [0.717, 1.165) is 5.56 Å². The maximum atomic E-state index is 14.2. The molecule has 178 valence electrons. The van der Waals surface area contributed by atoms with Crippen molar-refractivity contribution in [3.05, 3.63) is 83.7 Å². The van der Waals surface area contributed by atoms with Crippen LogP contribution in [0, 0.1) is 12.7 Å². The van der Waals surface area contributed by atoms with E-state index in [1.54, 1.807) is 63.6 Å². The summed E-state index contributed by atoms with van der Waals surface area (Å²) in [6.07, 6.45) is -1.38. The third kappa shape index (κ3) is 4.68. The van der Waals surface area contributed by atoms with Crippen LogP contribution in [0.2, 0.25) is 0 Å². The number of aryl methyl sites for hydroxylation is 1. The summed E-state index contributed by atoms with van der Waals surface area (Å²) in [6, 6.07) is 11.0. The molecule has 0 aliphatic rings. The Bertz CT molecular complexity index is 1310. The normalized spacial score (nSPS) is 14.4. The summed E-state index contributed by atoms with van der Waals surface area (Å²) in [7, 11) is 0. The molecule has 4 rings (SSSR count). The van der Waals surface area contributed by atoms with Gasteiger partial charge in [-0.05, 0) is 66.3 Å². The van der Waals surface area contributed by atoms with Crippen LogP contribution in [0.15, 0.2) is 61.1 Å². The van der Waals surface area contributed by atoms with Crippen LogP contribution < -0.4 is 0 Å². The van der Waals surface area contributed by atoms with Crippen LogP contribution in [-0.4, -0.2) is 31.8 Å². The molecule has 1 atom stereocenters. The fraction of sp³-hybridized carbons (Fsp3) is 0.308. The van der Waals surface area contributed by atoms with Gasteiger partial charge < -0.3 is 10.1 Å². The molecule has 0 bridgehead atoms. The van der Waals surface area contributed by atoms with E-state index in [9.17, 15) is 22.7 Å². The van der Waals surface area contributed by atoms with Gasteiger partial charge >= 0.3 is 6.18 Å². The zero-order valence-electron chi connectivity index (χ0n) is 19.0. The van der Waals surface area contributed by atoms with Crippen LogP contribution >= 0.6 is 0 Å². The molecule has 0 aliphatic heterocycles. The van der Waals surface area contributed by atoms with Crippen molar-refractivity contribution in [2.75, 3.05) is 0 Å². The number of aromatic nitrogens is 3. The van der Waals surface area contributed by atoms with Crippen molar-refractivity contribution in [2.24, 2.45) is 0 Å². The minimum atomic E-state index is -4.90. The number of alkyl halides is 3. The molecule has 1 aromatic carbocycles. The Labute approximate surface area is 194 Å². The molecule has 0 radical (unpaired) electrons. The van der Waals surface area contributed by atoms with Crippen LogP contribution in [0.5, 0.6) is 0 Å². The Morgan fingerprint density at radius 1 is 1.00 bits per heavy atom. The number of rotatable bonds is 6. The van der Waals surface area contributed by atoms with Gasteiger partial charge in [-0.25, -0.2) is 4.39 Å². The zero-order chi connectivity index (χ0) is 24.7. The Morgan fingerprint density at radius 3 is 2.38 bits per heavy atom. The van der Waals surface area contributed by atoms with Crippen molar-refractivity contribution in [3.63, 3.8) is 0 Å². The number of H-pyrrole nitrogens is 1. The van der Waals surface area contributed by atoms with Gasteiger partial charge in [0.15, 0.2) is 5.60 Å². The van der Waals surface area contributed by atoms with E-state index in [0.29, 0.717) is 27.7 Å². The molecule has 34 heavy (non-hydrogen) atoms. The number of nitrogens with one attached hydrogen (secondary N) is 1. The molecule has 1 unspecified atom stereocenters. The molecule has 2 N–H and O–H groups in total. The highest BCUT2D eigenvalue weighted by atomic mass is 19.4. The lowest BCUT2D eigenvalue weighted by Gasteiger charge is -2.38. The van der Waals surface area contributed by atoms with E-state index in [1.807, 2.05) is 0 Å². The number of fused-ring (bicyclic) bond motifs is 1. The predicted octanol–water partition coefficient (Wildman–Crippen LogP) is 6.28. The van der Waals surface area contributed by atoms with Gasteiger partial charge in [0.1, 0.15) is 5.82 Å². The lowest BCUT2D eigenvalue weighted by atomic mass is 9.72. The van der Waals surface area contributed by atoms with Gasteiger partial charge in [0.05, 0.1) is 17.4 Å². The van der Waals surface area contributed by atoms with Crippen LogP contribution in [-0.2, 0) is 11.8 Å². The SMILES string of the molecule is Cc1ccc(F)cc1C(C)(C)CC(O)(Cc1cc2cc(-c3ccncc3)ncc2[nH]1)C(F)(F)F. The topological polar surface area (TPSA) is 61.8 Å². The smallest absolute Gasteiger partial charge is 0.380 e. The van der Waals surface area contributed by atoms with E-state index in [1.165, 1.54) is 18.2 Å². The van der Waals surface area contributed by atoms with Gasteiger partial charge in [0, 0.05) is 35.5 Å². The second kappa shape index (κ2) is 8.51. The second-order valence-corrected chi connectivity index (χ2v) is 9.41. The molecule has 4 nitrogen and oxygen atoms in total. The average Bonchev–Trinajstić information content (AvgIpc) is 3.15. The summed E-state index contributed by atoms with van der Waals surface area (Å²) in [5.41, 5.74) is -0.786. The maximum Gasteiger partial charge on any atom is 0.417 e. The first kappa shape index (κ1) is 23.9. The highest BCUT2D eigenvalue weighted by Gasteiger charge is 2.56. The molecule has 4 aromatic rings. The second-order valence-electron chi connectivity index (χ2n) is 9.41. The summed E-state index contributed by atoms with van der Waals surface area (Å²) < 4.78 is 56.5. The molecule has 0 saturated heterocycles. The van der Waals surface area contributed by atoms with Gasteiger partial charge in [-0.3, -0.25) is 9.97 Å². The lowest BCUT2D eigenvalue weighted by Crippen LogP contribution is -2.51. The van der Waals surface area contributed by atoms with E-state index in [2.05, 4.69) is 15.0 Å². The quantitative estimate of drug-likeness (QED) is 0.326. The zero-order valence-corrected chi connectivity index (χ0v) is 19.0. The highest BCUT2D eigenvalue weighted by Crippen LogP contribution is 2.44. The molecule has 0 fully saturated rings. The Morgan fingerprint density at radius 2 is 1.71 bits per heavy atom. The molecule has 8 heteroatoms. The first-order valence-electron chi connectivity index (χ1n) is 10.8. The number of nitrogens with zero attached hydrogens (tertiary/aromatic N) is 2. The number of pyridine rings is 2. The maximum absolute atomic E-state index is 14.2. The minimum absolute atomic E-state index is 0.232. The lowest BCUT2D eigenvalue weighted by molar-refractivity contribution is -0.266. The van der Waals surface area contributed by atoms with Crippen molar-refractivity contribution in [1.29, 1.82) is 0 Å². The third-order valence-corrected chi connectivity index (χ3v) is 6.21. The van der Waals surface area contributed by atoms with Gasteiger partial charge in [-0.15, -0.1) is 0 Å². The fourth-order valence-electron chi connectivity index (χ4n) is 4.60. The first-order chi connectivity index (χ1) is 15.9. The molecular formula is C26H25F4N3O. The molecular weight excluding hydrogens is 446 g/mol. The van der Waals surface area contributed by atoms with E-state index in [4.69, 9.17) is 0 Å². The number of benzene rings is 1. The van der Waals surface area contributed by atoms with E-state index >= 15 is 0 Å². The Hall–Kier alpha value is -3.26. The average molecular weight is 471 g/mol. The molecule has 0 aliphatic carbocycles. The standard InChI is InChI=1S/C26H25F4N3O/c1-16-4-5-19(27)12-21(16)24(2,3)15-25(34,26(28,29)30)13-20-10-18-11-22(32-14-23(18)33-20)17-6-8-31-9-7-17/h4-12,14,33-34H,13,15H2,1-3H3. The van der Waals surface area contributed by atoms with E-state index < -0.39 is 35.9 Å². The van der Waals surface area contributed by atoms with Gasteiger partial charge in [-0.2, -0.15) is 13.2 Å². The van der Waals surface area contributed by atoms with Crippen LogP contribution in [0.1, 0.15) is 37.1 Å². The van der Waals surface area contributed by atoms with Crippen molar-refractivity contribution in [2.45, 2.75) is 50.8 Å². The van der Waals surface area contributed by atoms with Crippen molar-refractivity contribution in [3.8, 4) is 11.3 Å². The molecule has 0 saturated carbocycles. The summed E-state index contributed by atoms with van der Waals surface area (Å²) in [5, 5.41) is 11.6. The fourth-order valence-corrected chi connectivity index (χ4v) is 4.60. The minimum Gasteiger partial charge on any atom is -0.380 e. The summed E-state index contributed by atoms with van der Waals surface area (Å²) >= 11 is 0. The molecule has 0 amide bonds. The summed E-state index contributed by atoms with van der Waals surface area (Å²) in [5.74, 6) is -0.530. The molecule has 0 spiro atoms. The van der Waals surface area contributed by atoms with Crippen molar-refractivity contribution < 1.29 is 22.7 Å². The summed E-state index contributed by atoms with van der Waals surface area (Å²) in [4.78, 5) is 11.3. The first-order valence-corrected chi connectivity index (χ1v) is 10.8. The van der Waals surface area contributed by atoms with Gasteiger partial charge in [0.25, 0.3) is 0 Å². The van der Waals surface area contributed by atoms with Crippen molar-refractivity contribution in [1.82, 2.24) is 15.0 Å². The summed E-state index contributed by atoms with van der Waals surface area (Å²) in [6.45, 7) is 4.89. The monoisotopic (exact) mass is 471 g/mol. The number of hydrogen-bond acceptors (Lipinski definition) is 3. The Kier molecular flexibility index (Phi) is 5.97. The van der Waals surface area contributed by atoms with Crippen molar-refractivity contribution >= 4 is 10.9 Å². The number of aliphatic hydroxyl groups is 1. The van der Waals surface area contributed by atoms with Gasteiger partial charge in [-0.1, -0.05) is 19.9 Å². The van der Waals surface area contributed by atoms with Gasteiger partial charge in [0.2, 0.25) is 0 Å². The largest absolute Gasteiger partial charge is 0.417 e. The van der Waals surface area contributed by atoms with Crippen LogP contribution in [0.3, 0.4) is 0 Å². The number of hydrogen-bond donors (Lipinski definition) is 2. The third-order valence-electron chi connectivity index (χ3n) is 6.21. The Balaban J connectivity index is 1.67. The van der Waals surface area contributed by atoms with E-state index in [-0.39, 0.29) is 5.69 Å². The molecule has 3 aromatic heterocycles. The number of aromatic amines is 1. The van der Waals surface area contributed by atoms with Crippen LogP contribution in [0.4, 0.5) is 17.6 Å². The predicted molar refractivity (Wildman–Crippen MR) is 123 cm³/mol. The van der Waals surface area contributed by atoms with Crippen LogP contribution in [0.25, 0.3) is 22.2 Å². The highest BCUT2D eigenvalue weighted by molar-refractivity contribution is 5.83.